The number of hydrogen-bond acceptors (Lipinski definition) is 5. The van der Waals surface area contributed by atoms with Crippen LogP contribution in [-0.4, -0.2) is 24.8 Å². The number of aromatic nitrogens is 1. The Hall–Kier alpha value is -1.33. The number of thiazole rings is 1. The van der Waals surface area contributed by atoms with E-state index in [-0.39, 0.29) is 6.10 Å². The van der Waals surface area contributed by atoms with Crippen molar-refractivity contribution in [2.24, 2.45) is 0 Å². The summed E-state index contributed by atoms with van der Waals surface area (Å²) in [5.41, 5.74) is 6.55. The molecular formula is C11H14N2O2S. The molecule has 0 bridgehead atoms. The minimum atomic E-state index is 0.0349. The van der Waals surface area contributed by atoms with Gasteiger partial charge in [0.2, 0.25) is 0 Å². The van der Waals surface area contributed by atoms with Gasteiger partial charge in [-0.1, -0.05) is 11.3 Å². The molecule has 0 aliphatic rings. The van der Waals surface area contributed by atoms with Crippen molar-refractivity contribution in [1.29, 1.82) is 0 Å². The van der Waals surface area contributed by atoms with Crippen LogP contribution in [0, 0.1) is 0 Å². The number of ether oxygens (including phenoxy) is 2. The van der Waals surface area contributed by atoms with Crippen LogP contribution in [0.4, 0.5) is 5.13 Å². The van der Waals surface area contributed by atoms with Gasteiger partial charge in [0.1, 0.15) is 11.9 Å². The summed E-state index contributed by atoms with van der Waals surface area (Å²) in [4.78, 5) is 4.19. The molecule has 2 N–H and O–H groups in total. The van der Waals surface area contributed by atoms with Crippen LogP contribution in [0.25, 0.3) is 10.2 Å². The maximum atomic E-state index is 5.69. The number of nitrogens with zero attached hydrogens (tertiary/aromatic N) is 1. The number of nitrogens with two attached hydrogens (primary N) is 1. The molecule has 0 spiro atoms. The molecular weight excluding hydrogens is 224 g/mol. The number of nitrogen functional groups attached to an aromatic ring is 1. The third-order valence-corrected chi connectivity index (χ3v) is 2.96. The van der Waals surface area contributed by atoms with Gasteiger partial charge in [-0.2, -0.15) is 0 Å². The van der Waals surface area contributed by atoms with Gasteiger partial charge < -0.3 is 15.2 Å². The van der Waals surface area contributed by atoms with Crippen LogP contribution in [0.15, 0.2) is 18.2 Å². The van der Waals surface area contributed by atoms with E-state index in [1.54, 1.807) is 7.11 Å². The maximum Gasteiger partial charge on any atom is 0.181 e. The second-order valence-electron chi connectivity index (χ2n) is 3.57. The fourth-order valence-corrected chi connectivity index (χ4v) is 2.26. The summed E-state index contributed by atoms with van der Waals surface area (Å²) in [5, 5.41) is 0.581. The summed E-state index contributed by atoms with van der Waals surface area (Å²) >= 11 is 1.46. The molecule has 1 aromatic heterocycles. The Labute approximate surface area is 98.0 Å². The number of anilines is 1. The maximum absolute atomic E-state index is 5.69. The molecule has 0 amide bonds. The first-order valence-electron chi connectivity index (χ1n) is 5.00. The molecule has 0 aliphatic carbocycles. The fourth-order valence-electron chi connectivity index (χ4n) is 1.50. The Kier molecular flexibility index (Phi) is 3.26. The molecule has 0 radical (unpaired) electrons. The molecule has 5 heteroatoms. The Morgan fingerprint density at radius 1 is 1.50 bits per heavy atom. The van der Waals surface area contributed by atoms with Crippen molar-refractivity contribution < 1.29 is 9.47 Å². The zero-order valence-corrected chi connectivity index (χ0v) is 10.1. The number of hydrogen-bond donors (Lipinski definition) is 1. The van der Waals surface area contributed by atoms with E-state index in [9.17, 15) is 0 Å². The summed E-state index contributed by atoms with van der Waals surface area (Å²) in [5.74, 6) is 0.820. The molecule has 4 nitrogen and oxygen atoms in total. The quantitative estimate of drug-likeness (QED) is 0.888. The predicted molar refractivity (Wildman–Crippen MR) is 66.0 cm³/mol. The van der Waals surface area contributed by atoms with Gasteiger partial charge in [-0.05, 0) is 25.1 Å². The first-order valence-corrected chi connectivity index (χ1v) is 5.82. The van der Waals surface area contributed by atoms with E-state index in [1.165, 1.54) is 11.3 Å². The van der Waals surface area contributed by atoms with Gasteiger partial charge >= 0.3 is 0 Å². The lowest BCUT2D eigenvalue weighted by atomic mass is 10.3. The minimum Gasteiger partial charge on any atom is -0.488 e. The van der Waals surface area contributed by atoms with Crippen molar-refractivity contribution in [3.05, 3.63) is 18.2 Å². The fraction of sp³-hybridized carbons (Fsp3) is 0.364. The van der Waals surface area contributed by atoms with E-state index in [4.69, 9.17) is 15.2 Å². The van der Waals surface area contributed by atoms with Crippen molar-refractivity contribution in [2.45, 2.75) is 13.0 Å². The molecule has 1 atom stereocenters. The highest BCUT2D eigenvalue weighted by Crippen LogP contribution is 2.27. The summed E-state index contributed by atoms with van der Waals surface area (Å²) < 4.78 is 11.7. The molecule has 0 unspecified atom stereocenters. The van der Waals surface area contributed by atoms with Crippen molar-refractivity contribution in [3.8, 4) is 5.75 Å². The van der Waals surface area contributed by atoms with Crippen LogP contribution in [0.3, 0.4) is 0 Å². The van der Waals surface area contributed by atoms with Gasteiger partial charge in [-0.15, -0.1) is 0 Å². The van der Waals surface area contributed by atoms with Crippen molar-refractivity contribution in [1.82, 2.24) is 4.98 Å². The SMILES string of the molecule is COC[C@H](C)Oc1ccc2nc(N)sc2c1. The Bertz CT molecular complexity index is 484. The monoisotopic (exact) mass is 238 g/mol. The van der Waals surface area contributed by atoms with E-state index in [2.05, 4.69) is 4.98 Å². The van der Waals surface area contributed by atoms with Gasteiger partial charge in [0.15, 0.2) is 5.13 Å². The molecule has 16 heavy (non-hydrogen) atoms. The standard InChI is InChI=1S/C11H14N2O2S/c1-7(6-14-2)15-8-3-4-9-10(5-8)16-11(12)13-9/h3-5,7H,6H2,1-2H3,(H2,12,13)/t7-/m0/s1. The van der Waals surface area contributed by atoms with Gasteiger partial charge in [0, 0.05) is 7.11 Å². The molecule has 0 saturated carbocycles. The van der Waals surface area contributed by atoms with Crippen molar-refractivity contribution >= 4 is 26.7 Å². The predicted octanol–water partition coefficient (Wildman–Crippen LogP) is 2.29. The smallest absolute Gasteiger partial charge is 0.181 e. The van der Waals surface area contributed by atoms with Gasteiger partial charge in [0.05, 0.1) is 16.8 Å². The minimum absolute atomic E-state index is 0.0349. The zero-order valence-electron chi connectivity index (χ0n) is 9.27. The summed E-state index contributed by atoms with van der Waals surface area (Å²) in [6.45, 7) is 2.54. The lowest BCUT2D eigenvalue weighted by molar-refractivity contribution is 0.0922. The Morgan fingerprint density at radius 3 is 3.06 bits per heavy atom. The third kappa shape index (κ3) is 2.43. The number of benzene rings is 1. The van der Waals surface area contributed by atoms with E-state index >= 15 is 0 Å². The highest BCUT2D eigenvalue weighted by atomic mass is 32.1. The zero-order chi connectivity index (χ0) is 11.5. The van der Waals surface area contributed by atoms with E-state index in [1.807, 2.05) is 25.1 Å². The third-order valence-electron chi connectivity index (χ3n) is 2.12. The molecule has 1 heterocycles. The topological polar surface area (TPSA) is 57.4 Å². The van der Waals surface area contributed by atoms with Crippen LogP contribution in [0.1, 0.15) is 6.92 Å². The van der Waals surface area contributed by atoms with Gasteiger partial charge in [-0.3, -0.25) is 0 Å². The van der Waals surface area contributed by atoms with Crippen LogP contribution in [0.5, 0.6) is 5.75 Å². The number of fused-ring (bicyclic) bond motifs is 1. The van der Waals surface area contributed by atoms with Gasteiger partial charge in [-0.25, -0.2) is 4.98 Å². The molecule has 2 aromatic rings. The highest BCUT2D eigenvalue weighted by molar-refractivity contribution is 7.22. The molecule has 2 rings (SSSR count). The molecule has 86 valence electrons. The molecule has 0 saturated heterocycles. The highest BCUT2D eigenvalue weighted by Gasteiger charge is 2.06. The Morgan fingerprint density at radius 2 is 2.31 bits per heavy atom. The van der Waals surface area contributed by atoms with Crippen molar-refractivity contribution in [3.63, 3.8) is 0 Å². The lowest BCUT2D eigenvalue weighted by Crippen LogP contribution is -2.17. The molecule has 0 aliphatic heterocycles. The average Bonchev–Trinajstić information content (AvgIpc) is 2.57. The Balaban J connectivity index is 2.18. The van der Waals surface area contributed by atoms with Crippen LogP contribution in [-0.2, 0) is 4.74 Å². The van der Waals surface area contributed by atoms with E-state index in [0.29, 0.717) is 11.7 Å². The number of rotatable bonds is 4. The summed E-state index contributed by atoms with van der Waals surface area (Å²) in [6, 6.07) is 5.76. The van der Waals surface area contributed by atoms with E-state index < -0.39 is 0 Å². The second kappa shape index (κ2) is 4.67. The second-order valence-corrected chi connectivity index (χ2v) is 4.63. The largest absolute Gasteiger partial charge is 0.488 e. The average molecular weight is 238 g/mol. The van der Waals surface area contributed by atoms with Crippen LogP contribution < -0.4 is 10.5 Å². The van der Waals surface area contributed by atoms with Gasteiger partial charge in [0.25, 0.3) is 0 Å². The van der Waals surface area contributed by atoms with Crippen molar-refractivity contribution in [2.75, 3.05) is 19.5 Å². The molecule has 0 fully saturated rings. The van der Waals surface area contributed by atoms with Crippen LogP contribution in [0.2, 0.25) is 0 Å². The first-order chi connectivity index (χ1) is 7.69. The summed E-state index contributed by atoms with van der Waals surface area (Å²) in [7, 11) is 1.66. The molecule has 1 aromatic carbocycles. The lowest BCUT2D eigenvalue weighted by Gasteiger charge is -2.13. The summed E-state index contributed by atoms with van der Waals surface area (Å²) in [6.07, 6.45) is 0.0349. The van der Waals surface area contributed by atoms with Crippen LogP contribution >= 0.6 is 11.3 Å². The normalized spacial score (nSPS) is 12.9. The number of methoxy groups -OCH3 is 1. The first kappa shape index (κ1) is 11.2. The van der Waals surface area contributed by atoms with E-state index in [0.717, 1.165) is 16.0 Å².